The van der Waals surface area contributed by atoms with E-state index >= 15 is 0 Å². The third-order valence-electron chi connectivity index (χ3n) is 2.74. The molecule has 3 unspecified atom stereocenters. The molecule has 0 aromatic carbocycles. The maximum absolute atomic E-state index is 12.8. The van der Waals surface area contributed by atoms with Crippen LogP contribution in [-0.2, 0) is 4.74 Å². The van der Waals surface area contributed by atoms with Crippen molar-refractivity contribution in [2.45, 2.75) is 44.3 Å². The summed E-state index contributed by atoms with van der Waals surface area (Å²) in [6, 6.07) is 0. The number of alkyl halides is 2. The SMILES string of the molecule is COC(C)(O)CCC1CC(F)[C@@H]1F. The minimum atomic E-state index is -1.34. The lowest BCUT2D eigenvalue weighted by Gasteiger charge is -2.35. The molecule has 1 rings (SSSR count). The van der Waals surface area contributed by atoms with Gasteiger partial charge in [0.05, 0.1) is 0 Å². The Morgan fingerprint density at radius 1 is 1.54 bits per heavy atom. The Bertz CT molecular complexity index is 173. The second-order valence-electron chi connectivity index (χ2n) is 3.87. The molecule has 0 aromatic heterocycles. The molecule has 1 N–H and O–H groups in total. The first-order valence-corrected chi connectivity index (χ1v) is 4.52. The highest BCUT2D eigenvalue weighted by molar-refractivity contribution is 4.90. The van der Waals surface area contributed by atoms with Crippen LogP contribution in [0.1, 0.15) is 26.2 Å². The molecule has 4 atom stereocenters. The molecule has 1 aliphatic rings. The van der Waals surface area contributed by atoms with Crippen molar-refractivity contribution in [1.29, 1.82) is 0 Å². The molecule has 1 saturated carbocycles. The molecule has 0 amide bonds. The second kappa shape index (κ2) is 3.88. The Kier molecular flexibility index (Phi) is 3.24. The number of hydrogen-bond acceptors (Lipinski definition) is 2. The first-order chi connectivity index (χ1) is 5.96. The smallest absolute Gasteiger partial charge is 0.162 e. The van der Waals surface area contributed by atoms with Gasteiger partial charge in [-0.2, -0.15) is 0 Å². The van der Waals surface area contributed by atoms with Crippen molar-refractivity contribution in [2.75, 3.05) is 7.11 Å². The summed E-state index contributed by atoms with van der Waals surface area (Å²) < 4.78 is 29.9. The van der Waals surface area contributed by atoms with Crippen molar-refractivity contribution in [1.82, 2.24) is 0 Å². The minimum Gasteiger partial charge on any atom is -0.366 e. The number of hydrogen-bond donors (Lipinski definition) is 1. The van der Waals surface area contributed by atoms with E-state index in [-0.39, 0.29) is 12.3 Å². The van der Waals surface area contributed by atoms with Gasteiger partial charge < -0.3 is 9.84 Å². The molecule has 0 radical (unpaired) electrons. The zero-order valence-corrected chi connectivity index (χ0v) is 7.96. The van der Waals surface area contributed by atoms with Crippen molar-refractivity contribution in [2.24, 2.45) is 5.92 Å². The molecule has 0 aromatic rings. The number of rotatable bonds is 4. The van der Waals surface area contributed by atoms with Gasteiger partial charge in [-0.25, -0.2) is 8.78 Å². The molecule has 1 aliphatic carbocycles. The van der Waals surface area contributed by atoms with Crippen molar-refractivity contribution >= 4 is 0 Å². The zero-order valence-electron chi connectivity index (χ0n) is 7.96. The number of methoxy groups -OCH3 is 1. The summed E-state index contributed by atoms with van der Waals surface area (Å²) >= 11 is 0. The molecule has 0 bridgehead atoms. The molecule has 4 heteroatoms. The topological polar surface area (TPSA) is 29.5 Å². The summed E-state index contributed by atoms with van der Waals surface area (Å²) in [5.74, 6) is -1.45. The highest BCUT2D eigenvalue weighted by Gasteiger charge is 2.42. The minimum absolute atomic E-state index is 0.239. The lowest BCUT2D eigenvalue weighted by molar-refractivity contribution is -0.180. The highest BCUT2D eigenvalue weighted by Crippen LogP contribution is 2.37. The summed E-state index contributed by atoms with van der Waals surface area (Å²) in [6.07, 6.45) is -1.53. The second-order valence-corrected chi connectivity index (χ2v) is 3.87. The first kappa shape index (κ1) is 10.9. The number of halogens is 2. The van der Waals surface area contributed by atoms with Gasteiger partial charge in [-0.3, -0.25) is 0 Å². The Labute approximate surface area is 76.9 Å². The van der Waals surface area contributed by atoms with Gasteiger partial charge >= 0.3 is 0 Å². The largest absolute Gasteiger partial charge is 0.366 e. The van der Waals surface area contributed by atoms with E-state index in [2.05, 4.69) is 0 Å². The highest BCUT2D eigenvalue weighted by atomic mass is 19.2. The Hall–Kier alpha value is -0.220. The predicted octanol–water partition coefficient (Wildman–Crippen LogP) is 1.82. The quantitative estimate of drug-likeness (QED) is 0.692. The van der Waals surface area contributed by atoms with Gasteiger partial charge in [0, 0.05) is 13.5 Å². The number of ether oxygens (including phenoxy) is 1. The van der Waals surface area contributed by atoms with Crippen LogP contribution in [0.15, 0.2) is 0 Å². The van der Waals surface area contributed by atoms with Gasteiger partial charge in [-0.05, 0) is 25.7 Å². The molecule has 78 valence electrons. The molecule has 0 heterocycles. The van der Waals surface area contributed by atoms with Crippen molar-refractivity contribution < 1.29 is 18.6 Å². The van der Waals surface area contributed by atoms with E-state index < -0.39 is 18.1 Å². The van der Waals surface area contributed by atoms with Crippen molar-refractivity contribution in [3.63, 3.8) is 0 Å². The van der Waals surface area contributed by atoms with Crippen molar-refractivity contribution in [3.8, 4) is 0 Å². The van der Waals surface area contributed by atoms with E-state index in [0.717, 1.165) is 0 Å². The standard InChI is InChI=1S/C9H16F2O2/c1-9(12,13-2)4-3-6-5-7(10)8(6)11/h6-8,12H,3-5H2,1-2H3/t6?,7?,8-,9?/m1/s1. The van der Waals surface area contributed by atoms with Crippen LogP contribution in [0.25, 0.3) is 0 Å². The van der Waals surface area contributed by atoms with E-state index in [9.17, 15) is 13.9 Å². The summed E-state index contributed by atoms with van der Waals surface area (Å²) in [4.78, 5) is 0. The van der Waals surface area contributed by atoms with Gasteiger partial charge in [-0.1, -0.05) is 0 Å². The predicted molar refractivity (Wildman–Crippen MR) is 44.8 cm³/mol. The molecule has 13 heavy (non-hydrogen) atoms. The Balaban J connectivity index is 2.21. The Morgan fingerprint density at radius 3 is 2.54 bits per heavy atom. The molecule has 0 saturated heterocycles. The molecule has 2 nitrogen and oxygen atoms in total. The van der Waals surface area contributed by atoms with E-state index in [1.54, 1.807) is 0 Å². The summed E-state index contributed by atoms with van der Waals surface area (Å²) in [6.45, 7) is 1.52. The number of aliphatic hydroxyl groups is 1. The fourth-order valence-electron chi connectivity index (χ4n) is 1.48. The maximum atomic E-state index is 12.8. The molecule has 0 spiro atoms. The fraction of sp³-hybridized carbons (Fsp3) is 1.00. The van der Waals surface area contributed by atoms with Crippen LogP contribution < -0.4 is 0 Å². The van der Waals surface area contributed by atoms with Crippen molar-refractivity contribution in [3.05, 3.63) is 0 Å². The van der Waals surface area contributed by atoms with Gasteiger partial charge in [0.25, 0.3) is 0 Å². The average Bonchev–Trinajstić information content (AvgIpc) is 2.11. The van der Waals surface area contributed by atoms with Gasteiger partial charge in [0.1, 0.15) is 12.3 Å². The third-order valence-corrected chi connectivity index (χ3v) is 2.74. The van der Waals surface area contributed by atoms with E-state index in [1.165, 1.54) is 14.0 Å². The fourth-order valence-corrected chi connectivity index (χ4v) is 1.48. The summed E-state index contributed by atoms with van der Waals surface area (Å²) in [5.41, 5.74) is 0. The lowest BCUT2D eigenvalue weighted by Crippen LogP contribution is -2.41. The van der Waals surface area contributed by atoms with Crippen LogP contribution in [0.3, 0.4) is 0 Å². The molecular weight excluding hydrogens is 178 g/mol. The molecule has 0 aliphatic heterocycles. The normalized spacial score (nSPS) is 38.1. The summed E-state index contributed by atoms with van der Waals surface area (Å²) in [5, 5.41) is 9.41. The maximum Gasteiger partial charge on any atom is 0.162 e. The average molecular weight is 194 g/mol. The third kappa shape index (κ3) is 2.61. The van der Waals surface area contributed by atoms with Crippen LogP contribution in [-0.4, -0.2) is 30.3 Å². The van der Waals surface area contributed by atoms with Gasteiger partial charge in [0.15, 0.2) is 5.79 Å². The van der Waals surface area contributed by atoms with E-state index in [0.29, 0.717) is 12.8 Å². The zero-order chi connectivity index (χ0) is 10.1. The van der Waals surface area contributed by atoms with Gasteiger partial charge in [-0.15, -0.1) is 0 Å². The van der Waals surface area contributed by atoms with E-state index in [4.69, 9.17) is 4.74 Å². The monoisotopic (exact) mass is 194 g/mol. The Morgan fingerprint density at radius 2 is 2.15 bits per heavy atom. The summed E-state index contributed by atoms with van der Waals surface area (Å²) in [7, 11) is 1.39. The van der Waals surface area contributed by atoms with Crippen LogP contribution in [0.5, 0.6) is 0 Å². The van der Waals surface area contributed by atoms with Crippen LogP contribution in [0.2, 0.25) is 0 Å². The van der Waals surface area contributed by atoms with Crippen LogP contribution in [0.4, 0.5) is 8.78 Å². The first-order valence-electron chi connectivity index (χ1n) is 4.52. The van der Waals surface area contributed by atoms with Crippen LogP contribution >= 0.6 is 0 Å². The van der Waals surface area contributed by atoms with E-state index in [1.807, 2.05) is 0 Å². The molecular formula is C9H16F2O2. The van der Waals surface area contributed by atoms with Crippen LogP contribution in [0, 0.1) is 5.92 Å². The molecule has 1 fully saturated rings. The van der Waals surface area contributed by atoms with Gasteiger partial charge in [0.2, 0.25) is 0 Å². The lowest BCUT2D eigenvalue weighted by atomic mass is 9.77.